The van der Waals surface area contributed by atoms with Gasteiger partial charge in [0, 0.05) is 0 Å². The molecule has 88 valence electrons. The fraction of sp³-hybridized carbons (Fsp3) is 0.273. The molecule has 0 radical (unpaired) electrons. The SMILES string of the molecule is C=CCCOc1ccc([B-](F)(F)F)c(C)c1.[K+]. The topological polar surface area (TPSA) is 9.23 Å². The molecule has 0 saturated carbocycles. The second kappa shape index (κ2) is 7.63. The van der Waals surface area contributed by atoms with Crippen molar-refractivity contribution in [2.45, 2.75) is 13.3 Å². The summed E-state index contributed by atoms with van der Waals surface area (Å²) in [6.45, 7) is 0.459. The summed E-state index contributed by atoms with van der Waals surface area (Å²) in [5.41, 5.74) is -0.361. The van der Waals surface area contributed by atoms with Crippen molar-refractivity contribution >= 4 is 12.4 Å². The molecule has 0 saturated heterocycles. The van der Waals surface area contributed by atoms with Gasteiger partial charge in [-0.2, -0.15) is 0 Å². The number of halogens is 3. The van der Waals surface area contributed by atoms with Crippen LogP contribution in [0.25, 0.3) is 0 Å². The summed E-state index contributed by atoms with van der Waals surface area (Å²) < 4.78 is 42.7. The van der Waals surface area contributed by atoms with E-state index in [0.717, 1.165) is 6.07 Å². The molecular weight excluding hydrogens is 255 g/mol. The summed E-state index contributed by atoms with van der Waals surface area (Å²) in [6, 6.07) is 3.83. The largest absolute Gasteiger partial charge is 1.00 e. The minimum Gasteiger partial charge on any atom is -0.493 e. The number of hydrogen-bond donors (Lipinski definition) is 0. The zero-order chi connectivity index (χ0) is 12.2. The van der Waals surface area contributed by atoms with Crippen molar-refractivity contribution in [2.24, 2.45) is 0 Å². The van der Waals surface area contributed by atoms with Gasteiger partial charge in [-0.05, 0) is 25.5 Å². The Morgan fingerprint density at radius 3 is 2.47 bits per heavy atom. The quantitative estimate of drug-likeness (QED) is 0.415. The maximum atomic E-state index is 12.5. The molecule has 17 heavy (non-hydrogen) atoms. The van der Waals surface area contributed by atoms with E-state index >= 15 is 0 Å². The van der Waals surface area contributed by atoms with E-state index in [-0.39, 0.29) is 56.9 Å². The van der Waals surface area contributed by atoms with Gasteiger partial charge in [-0.1, -0.05) is 17.7 Å². The number of benzene rings is 1. The monoisotopic (exact) mass is 268 g/mol. The van der Waals surface area contributed by atoms with E-state index < -0.39 is 12.4 Å². The summed E-state index contributed by atoms with van der Waals surface area (Å²) in [5.74, 6) is 0.461. The van der Waals surface area contributed by atoms with E-state index in [0.29, 0.717) is 18.8 Å². The van der Waals surface area contributed by atoms with Crippen molar-refractivity contribution in [3.8, 4) is 5.75 Å². The zero-order valence-corrected chi connectivity index (χ0v) is 13.2. The maximum absolute atomic E-state index is 12.5. The molecule has 1 rings (SSSR count). The second-order valence-electron chi connectivity index (χ2n) is 3.52. The van der Waals surface area contributed by atoms with Crippen LogP contribution in [0.3, 0.4) is 0 Å². The zero-order valence-electron chi connectivity index (χ0n) is 10.1. The Morgan fingerprint density at radius 1 is 1.35 bits per heavy atom. The average molecular weight is 268 g/mol. The Hall–Kier alpha value is 0.251. The Labute approximate surface area is 142 Å². The first-order valence-electron chi connectivity index (χ1n) is 4.99. The molecule has 0 spiro atoms. The van der Waals surface area contributed by atoms with Crippen LogP contribution in [-0.4, -0.2) is 13.6 Å². The van der Waals surface area contributed by atoms with Crippen molar-refractivity contribution in [1.82, 2.24) is 0 Å². The average Bonchev–Trinajstić information content (AvgIpc) is 2.16. The van der Waals surface area contributed by atoms with Gasteiger partial charge >= 0.3 is 58.4 Å². The summed E-state index contributed by atoms with van der Waals surface area (Å²) in [7, 11) is 0. The number of aryl methyl sites for hydroxylation is 1. The van der Waals surface area contributed by atoms with Gasteiger partial charge < -0.3 is 17.7 Å². The fourth-order valence-electron chi connectivity index (χ4n) is 1.37. The summed E-state index contributed by atoms with van der Waals surface area (Å²) >= 11 is 0. The van der Waals surface area contributed by atoms with Crippen molar-refractivity contribution in [3.63, 3.8) is 0 Å². The Balaban J connectivity index is 0.00000256. The molecule has 0 unspecified atom stereocenters. The van der Waals surface area contributed by atoms with Crippen LogP contribution in [0.15, 0.2) is 30.9 Å². The van der Waals surface area contributed by atoms with Crippen molar-refractivity contribution in [1.29, 1.82) is 0 Å². The van der Waals surface area contributed by atoms with Gasteiger partial charge in [0.25, 0.3) is 0 Å². The van der Waals surface area contributed by atoms with E-state index in [1.54, 1.807) is 6.08 Å². The molecule has 6 heteroatoms. The predicted molar refractivity (Wildman–Crippen MR) is 60.2 cm³/mol. The van der Waals surface area contributed by atoms with Crippen LogP contribution in [0.1, 0.15) is 12.0 Å². The summed E-state index contributed by atoms with van der Waals surface area (Å²) in [4.78, 5) is 0. The van der Waals surface area contributed by atoms with Crippen molar-refractivity contribution in [3.05, 3.63) is 36.4 Å². The first kappa shape index (κ1) is 17.3. The third-order valence-corrected chi connectivity index (χ3v) is 2.18. The van der Waals surface area contributed by atoms with Gasteiger partial charge in [0.2, 0.25) is 0 Å². The van der Waals surface area contributed by atoms with Gasteiger partial charge in [0.05, 0.1) is 6.61 Å². The Morgan fingerprint density at radius 2 is 2.00 bits per heavy atom. The van der Waals surface area contributed by atoms with Crippen LogP contribution < -0.4 is 61.6 Å². The minimum absolute atomic E-state index is 0. The second-order valence-corrected chi connectivity index (χ2v) is 3.52. The molecule has 0 aliphatic rings. The Bertz CT molecular complexity index is 379. The van der Waals surface area contributed by atoms with E-state index in [9.17, 15) is 12.9 Å². The fourth-order valence-corrected chi connectivity index (χ4v) is 1.37. The van der Waals surface area contributed by atoms with Crippen LogP contribution in [-0.2, 0) is 0 Å². The van der Waals surface area contributed by atoms with Crippen LogP contribution in [0.5, 0.6) is 5.75 Å². The molecule has 1 nitrogen and oxygen atoms in total. The van der Waals surface area contributed by atoms with E-state index in [4.69, 9.17) is 4.74 Å². The molecule has 0 atom stereocenters. The molecule has 0 aliphatic heterocycles. The molecule has 0 heterocycles. The molecule has 0 N–H and O–H groups in total. The van der Waals surface area contributed by atoms with Crippen LogP contribution in [0.4, 0.5) is 12.9 Å². The normalized spacial score (nSPS) is 10.6. The standard InChI is InChI=1S/C11H13BF3O.K/c1-3-4-7-16-10-5-6-11(9(2)8-10)12(13,14)15;/h3,5-6,8H,1,4,7H2,2H3;/q-1;+1. The van der Waals surface area contributed by atoms with E-state index in [1.165, 1.54) is 19.1 Å². The molecular formula is C11H13BF3KO. The smallest absolute Gasteiger partial charge is 0.493 e. The van der Waals surface area contributed by atoms with E-state index in [1.807, 2.05) is 0 Å². The van der Waals surface area contributed by atoms with Crippen LogP contribution in [0.2, 0.25) is 0 Å². The molecule has 0 amide bonds. The first-order chi connectivity index (χ1) is 7.45. The van der Waals surface area contributed by atoms with Gasteiger partial charge in [0.15, 0.2) is 0 Å². The maximum Gasteiger partial charge on any atom is 1.00 e. The molecule has 0 fully saturated rings. The van der Waals surface area contributed by atoms with E-state index in [2.05, 4.69) is 6.58 Å². The predicted octanol–water partition coefficient (Wildman–Crippen LogP) is 0.00832. The van der Waals surface area contributed by atoms with Crippen molar-refractivity contribution in [2.75, 3.05) is 6.61 Å². The van der Waals surface area contributed by atoms with Crippen LogP contribution in [0, 0.1) is 6.92 Å². The first-order valence-corrected chi connectivity index (χ1v) is 4.99. The van der Waals surface area contributed by atoms with Crippen LogP contribution >= 0.6 is 0 Å². The molecule has 0 aliphatic carbocycles. The third kappa shape index (κ3) is 5.61. The summed E-state index contributed by atoms with van der Waals surface area (Å²) in [5, 5.41) is 0. The molecule has 0 bridgehead atoms. The number of rotatable bonds is 5. The van der Waals surface area contributed by atoms with Gasteiger partial charge in [0.1, 0.15) is 5.75 Å². The van der Waals surface area contributed by atoms with Gasteiger partial charge in [-0.15, -0.1) is 12.0 Å². The minimum atomic E-state index is -4.94. The molecule has 0 aromatic heterocycles. The van der Waals surface area contributed by atoms with Crippen molar-refractivity contribution < 1.29 is 69.1 Å². The Kier molecular flexibility index (Phi) is 7.75. The number of ether oxygens (including phenoxy) is 1. The molecule has 1 aromatic carbocycles. The number of hydrogen-bond acceptors (Lipinski definition) is 1. The van der Waals surface area contributed by atoms with Gasteiger partial charge in [-0.3, -0.25) is 0 Å². The molecule has 1 aromatic rings. The summed E-state index contributed by atoms with van der Waals surface area (Å²) in [6.07, 6.45) is 2.37. The van der Waals surface area contributed by atoms with Gasteiger partial charge in [-0.25, -0.2) is 0 Å². The third-order valence-electron chi connectivity index (χ3n) is 2.18.